The van der Waals surface area contributed by atoms with Crippen molar-refractivity contribution in [2.45, 2.75) is 16.5 Å². The zero-order valence-corrected chi connectivity index (χ0v) is 13.5. The first kappa shape index (κ1) is 14.3. The molecule has 0 spiro atoms. The van der Waals surface area contributed by atoms with Gasteiger partial charge in [-0.25, -0.2) is 9.97 Å². The second-order valence-electron chi connectivity index (χ2n) is 4.29. The van der Waals surface area contributed by atoms with Gasteiger partial charge in [0, 0.05) is 17.3 Å². The number of nitrogen functional groups attached to an aromatic ring is 1. The van der Waals surface area contributed by atoms with Crippen LogP contribution in [0.4, 0.5) is 10.8 Å². The first-order valence-electron chi connectivity index (χ1n) is 6.15. The summed E-state index contributed by atoms with van der Waals surface area (Å²) in [4.78, 5) is 20.7. The molecule has 3 N–H and O–H groups in total. The molecule has 2 aromatic heterocycles. The van der Waals surface area contributed by atoms with E-state index < -0.39 is 0 Å². The average molecular weight is 336 g/mol. The second-order valence-corrected chi connectivity index (χ2v) is 7.81. The molecule has 0 aliphatic carbocycles. The Kier molecular flexibility index (Phi) is 4.09. The molecule has 3 rings (SSSR count). The summed E-state index contributed by atoms with van der Waals surface area (Å²) in [5, 5.41) is 5.10. The fraction of sp³-hybridized carbons (Fsp3) is 0.154. The number of nitrogens with one attached hydrogen (secondary N) is 1. The van der Waals surface area contributed by atoms with Crippen LogP contribution in [0.25, 0.3) is 10.2 Å². The van der Waals surface area contributed by atoms with Crippen molar-refractivity contribution in [1.29, 1.82) is 0 Å². The van der Waals surface area contributed by atoms with Crippen molar-refractivity contribution in [3.05, 3.63) is 29.8 Å². The molecule has 0 bridgehead atoms. The van der Waals surface area contributed by atoms with E-state index in [1.807, 2.05) is 24.4 Å². The first-order valence-corrected chi connectivity index (χ1v) is 8.72. The summed E-state index contributed by atoms with van der Waals surface area (Å²) >= 11 is 4.38. The number of rotatable bonds is 4. The Morgan fingerprint density at radius 1 is 1.48 bits per heavy atom. The number of carbonyl (C=O) groups is 1. The molecule has 8 heteroatoms. The lowest BCUT2D eigenvalue weighted by Gasteiger charge is -2.07. The number of aromatic nitrogens is 2. The Labute approximate surface area is 133 Å². The molecular weight excluding hydrogens is 324 g/mol. The number of thiazole rings is 2. The lowest BCUT2D eigenvalue weighted by molar-refractivity contribution is -0.115. The summed E-state index contributed by atoms with van der Waals surface area (Å²) in [6.45, 7) is 1.85. The molecule has 0 fully saturated rings. The van der Waals surface area contributed by atoms with Gasteiger partial charge in [0.1, 0.15) is 0 Å². The highest BCUT2D eigenvalue weighted by atomic mass is 32.2. The standard InChI is InChI=1S/C13H12N4OS3/c1-7(20-13-15-4-5-19-13)11(18)17-12-16-9-3-2-8(14)6-10(9)21-12/h2-7H,14H2,1H3,(H,16,17,18). The minimum atomic E-state index is -0.228. The number of hydrogen-bond donors (Lipinski definition) is 2. The summed E-state index contributed by atoms with van der Waals surface area (Å²) in [5.74, 6) is -0.0813. The van der Waals surface area contributed by atoms with E-state index in [2.05, 4.69) is 15.3 Å². The highest BCUT2D eigenvalue weighted by Crippen LogP contribution is 2.29. The Morgan fingerprint density at radius 3 is 3.10 bits per heavy atom. The van der Waals surface area contributed by atoms with Crippen LogP contribution in [-0.4, -0.2) is 21.1 Å². The van der Waals surface area contributed by atoms with Crippen LogP contribution in [0, 0.1) is 0 Å². The minimum absolute atomic E-state index is 0.0813. The van der Waals surface area contributed by atoms with Crippen molar-refractivity contribution < 1.29 is 4.79 Å². The maximum atomic E-state index is 12.2. The maximum absolute atomic E-state index is 12.2. The molecule has 21 heavy (non-hydrogen) atoms. The first-order chi connectivity index (χ1) is 10.1. The van der Waals surface area contributed by atoms with E-state index in [-0.39, 0.29) is 11.2 Å². The lowest BCUT2D eigenvalue weighted by Crippen LogP contribution is -2.22. The summed E-state index contributed by atoms with van der Waals surface area (Å²) < 4.78 is 1.85. The Hall–Kier alpha value is -1.64. The van der Waals surface area contributed by atoms with Gasteiger partial charge in [-0.3, -0.25) is 4.79 Å². The molecule has 1 amide bonds. The van der Waals surface area contributed by atoms with Crippen molar-refractivity contribution in [1.82, 2.24) is 9.97 Å². The number of thioether (sulfide) groups is 1. The second kappa shape index (κ2) is 6.00. The topological polar surface area (TPSA) is 80.9 Å². The predicted octanol–water partition coefficient (Wildman–Crippen LogP) is 3.45. The minimum Gasteiger partial charge on any atom is -0.399 e. The van der Waals surface area contributed by atoms with Crippen LogP contribution < -0.4 is 11.1 Å². The molecule has 5 nitrogen and oxygen atoms in total. The van der Waals surface area contributed by atoms with Gasteiger partial charge in [-0.15, -0.1) is 11.3 Å². The highest BCUT2D eigenvalue weighted by Gasteiger charge is 2.17. The van der Waals surface area contributed by atoms with Crippen LogP contribution >= 0.6 is 34.4 Å². The average Bonchev–Trinajstić information content (AvgIpc) is 3.07. The molecule has 108 valence electrons. The van der Waals surface area contributed by atoms with Gasteiger partial charge in [-0.2, -0.15) is 0 Å². The van der Waals surface area contributed by atoms with Gasteiger partial charge in [-0.1, -0.05) is 23.1 Å². The Bertz CT molecular complexity index is 769. The largest absolute Gasteiger partial charge is 0.399 e. The number of nitrogens with zero attached hydrogens (tertiary/aromatic N) is 2. The van der Waals surface area contributed by atoms with Crippen LogP contribution in [0.2, 0.25) is 0 Å². The van der Waals surface area contributed by atoms with Crippen molar-refractivity contribution >= 4 is 61.4 Å². The third kappa shape index (κ3) is 3.34. The number of carbonyl (C=O) groups excluding carboxylic acids is 1. The number of nitrogens with two attached hydrogens (primary N) is 1. The summed E-state index contributed by atoms with van der Waals surface area (Å²) in [6, 6.07) is 5.51. The number of anilines is 2. The number of benzene rings is 1. The zero-order chi connectivity index (χ0) is 14.8. The van der Waals surface area contributed by atoms with Crippen molar-refractivity contribution in [2.24, 2.45) is 0 Å². The third-order valence-corrected chi connectivity index (χ3v) is 5.65. The van der Waals surface area contributed by atoms with Crippen molar-refractivity contribution in [2.75, 3.05) is 11.1 Å². The van der Waals surface area contributed by atoms with Crippen LogP contribution in [-0.2, 0) is 4.79 Å². The third-order valence-electron chi connectivity index (χ3n) is 2.70. The lowest BCUT2D eigenvalue weighted by atomic mass is 10.3. The monoisotopic (exact) mass is 336 g/mol. The van der Waals surface area contributed by atoms with Gasteiger partial charge >= 0.3 is 0 Å². The van der Waals surface area contributed by atoms with E-state index in [1.165, 1.54) is 34.4 Å². The Morgan fingerprint density at radius 2 is 2.33 bits per heavy atom. The zero-order valence-electron chi connectivity index (χ0n) is 11.1. The molecule has 0 aliphatic heterocycles. The van der Waals surface area contributed by atoms with Crippen LogP contribution in [0.15, 0.2) is 34.1 Å². The van der Waals surface area contributed by atoms with Crippen LogP contribution in [0.5, 0.6) is 0 Å². The smallest absolute Gasteiger partial charge is 0.239 e. The molecule has 2 heterocycles. The fourth-order valence-electron chi connectivity index (χ4n) is 1.68. The molecule has 1 atom stereocenters. The van der Waals surface area contributed by atoms with E-state index in [9.17, 15) is 4.79 Å². The van der Waals surface area contributed by atoms with Crippen LogP contribution in [0.1, 0.15) is 6.92 Å². The molecule has 3 aromatic rings. The van der Waals surface area contributed by atoms with E-state index in [1.54, 1.807) is 12.3 Å². The molecule has 1 aromatic carbocycles. The SMILES string of the molecule is CC(Sc1nccs1)C(=O)Nc1nc2ccc(N)cc2s1. The fourth-order valence-corrected chi connectivity index (χ4v) is 4.36. The van der Waals surface area contributed by atoms with Gasteiger partial charge in [0.2, 0.25) is 5.91 Å². The van der Waals surface area contributed by atoms with E-state index >= 15 is 0 Å². The van der Waals surface area contributed by atoms with E-state index in [4.69, 9.17) is 5.73 Å². The number of hydrogen-bond acceptors (Lipinski definition) is 7. The predicted molar refractivity (Wildman–Crippen MR) is 90.1 cm³/mol. The van der Waals surface area contributed by atoms with Crippen LogP contribution in [0.3, 0.4) is 0 Å². The molecule has 0 aliphatic rings. The molecule has 0 saturated carbocycles. The normalized spacial score (nSPS) is 12.4. The number of amides is 1. The molecule has 0 saturated heterocycles. The summed E-state index contributed by atoms with van der Waals surface area (Å²) in [6.07, 6.45) is 1.73. The number of fused-ring (bicyclic) bond motifs is 1. The molecule has 1 unspecified atom stereocenters. The van der Waals surface area contributed by atoms with Crippen molar-refractivity contribution in [3.63, 3.8) is 0 Å². The maximum Gasteiger partial charge on any atom is 0.239 e. The van der Waals surface area contributed by atoms with Gasteiger partial charge < -0.3 is 11.1 Å². The van der Waals surface area contributed by atoms with Crippen molar-refractivity contribution in [3.8, 4) is 0 Å². The quantitative estimate of drug-likeness (QED) is 0.563. The molecule has 0 radical (unpaired) electrons. The van der Waals surface area contributed by atoms with Gasteiger partial charge in [-0.05, 0) is 25.1 Å². The summed E-state index contributed by atoms with van der Waals surface area (Å²) in [5.41, 5.74) is 7.27. The van der Waals surface area contributed by atoms with Gasteiger partial charge in [0.25, 0.3) is 0 Å². The summed E-state index contributed by atoms with van der Waals surface area (Å²) in [7, 11) is 0. The van der Waals surface area contributed by atoms with E-state index in [0.717, 1.165) is 14.6 Å². The Balaban J connectivity index is 1.70. The van der Waals surface area contributed by atoms with Gasteiger partial charge in [0.05, 0.1) is 15.5 Å². The highest BCUT2D eigenvalue weighted by molar-refractivity contribution is 8.02. The van der Waals surface area contributed by atoms with E-state index in [0.29, 0.717) is 10.8 Å². The van der Waals surface area contributed by atoms with Gasteiger partial charge in [0.15, 0.2) is 9.47 Å². The molecular formula is C13H12N4OS3.